The Labute approximate surface area is 126 Å². The van der Waals surface area contributed by atoms with Crippen molar-refractivity contribution in [3.63, 3.8) is 0 Å². The maximum absolute atomic E-state index is 11.5. The number of aliphatic hydroxyl groups excluding tert-OH is 2. The molecule has 0 aromatic carbocycles. The van der Waals surface area contributed by atoms with Gasteiger partial charge in [0.05, 0.1) is 5.02 Å². The number of aromatic amines is 1. The fourth-order valence-electron chi connectivity index (χ4n) is 1.51. The lowest BCUT2D eigenvalue weighted by Gasteiger charge is -2.22. The highest BCUT2D eigenvalue weighted by Crippen LogP contribution is 2.16. The van der Waals surface area contributed by atoms with Gasteiger partial charge >= 0.3 is 6.09 Å². The van der Waals surface area contributed by atoms with Crippen molar-refractivity contribution >= 4 is 17.7 Å². The fraction of sp³-hybridized carbons (Fsp3) is 0.538. The van der Waals surface area contributed by atoms with E-state index in [-0.39, 0.29) is 17.1 Å². The Kier molecular flexibility index (Phi) is 5.77. The van der Waals surface area contributed by atoms with E-state index in [1.807, 2.05) is 0 Å². The molecule has 0 fully saturated rings. The highest BCUT2D eigenvalue weighted by Gasteiger charge is 2.23. The van der Waals surface area contributed by atoms with Gasteiger partial charge in [-0.25, -0.2) is 4.79 Å². The number of nitrogens with one attached hydrogen (secondary N) is 2. The number of carbonyl (C=O) groups excluding carboxylic acids is 1. The normalized spacial score (nSPS) is 14.4. The van der Waals surface area contributed by atoms with Gasteiger partial charge in [0.25, 0.3) is 5.56 Å². The first-order valence-corrected chi connectivity index (χ1v) is 6.69. The topological polar surface area (TPSA) is 112 Å². The molecule has 1 heterocycles. The highest BCUT2D eigenvalue weighted by molar-refractivity contribution is 6.30. The molecule has 0 aliphatic rings. The van der Waals surface area contributed by atoms with E-state index in [0.29, 0.717) is 0 Å². The van der Waals surface area contributed by atoms with Crippen LogP contribution in [0.15, 0.2) is 17.1 Å². The van der Waals surface area contributed by atoms with Crippen molar-refractivity contribution in [2.75, 3.05) is 6.54 Å². The number of amides is 1. The fourth-order valence-corrected chi connectivity index (χ4v) is 1.69. The van der Waals surface area contributed by atoms with Crippen molar-refractivity contribution in [2.45, 2.75) is 38.6 Å². The van der Waals surface area contributed by atoms with Crippen LogP contribution < -0.4 is 10.9 Å². The van der Waals surface area contributed by atoms with Crippen LogP contribution >= 0.6 is 11.6 Å². The second-order valence-electron chi connectivity index (χ2n) is 5.50. The Balaban J connectivity index is 2.63. The van der Waals surface area contributed by atoms with Gasteiger partial charge in [-0.2, -0.15) is 0 Å². The van der Waals surface area contributed by atoms with Gasteiger partial charge < -0.3 is 25.3 Å². The minimum atomic E-state index is -1.48. The van der Waals surface area contributed by atoms with Crippen molar-refractivity contribution in [1.29, 1.82) is 0 Å². The Bertz CT molecular complexity index is 552. The van der Waals surface area contributed by atoms with Gasteiger partial charge in [0.15, 0.2) is 0 Å². The standard InChI is InChI=1S/C13H19ClN2O5/c1-13(2,3)21-12(20)16-6-9(17)10(18)8-4-7(14)5-15-11(8)19/h4-5,9-10,17-18H,6H2,1-3H3,(H,15,19)(H,16,20). The van der Waals surface area contributed by atoms with Crippen molar-refractivity contribution in [2.24, 2.45) is 0 Å². The molecule has 21 heavy (non-hydrogen) atoms. The van der Waals surface area contributed by atoms with Crippen LogP contribution in [-0.2, 0) is 4.74 Å². The average molecular weight is 319 g/mol. The zero-order chi connectivity index (χ0) is 16.2. The molecular formula is C13H19ClN2O5. The molecule has 2 unspecified atom stereocenters. The lowest BCUT2D eigenvalue weighted by atomic mass is 10.1. The summed E-state index contributed by atoms with van der Waals surface area (Å²) in [4.78, 5) is 25.3. The van der Waals surface area contributed by atoms with Crippen molar-refractivity contribution in [1.82, 2.24) is 10.3 Å². The third kappa shape index (κ3) is 5.74. The number of aliphatic hydroxyl groups is 2. The van der Waals surface area contributed by atoms with Crippen LogP contribution in [0, 0.1) is 0 Å². The molecule has 0 aliphatic heterocycles. The molecule has 0 saturated carbocycles. The quantitative estimate of drug-likeness (QED) is 0.660. The summed E-state index contributed by atoms with van der Waals surface area (Å²) < 4.78 is 4.98. The predicted molar refractivity (Wildman–Crippen MR) is 77.3 cm³/mol. The Hall–Kier alpha value is -1.57. The van der Waals surface area contributed by atoms with Crippen LogP contribution in [0.2, 0.25) is 5.02 Å². The number of H-pyrrole nitrogens is 1. The van der Waals surface area contributed by atoms with E-state index in [1.165, 1.54) is 12.3 Å². The van der Waals surface area contributed by atoms with Gasteiger partial charge in [-0.05, 0) is 26.8 Å². The second-order valence-corrected chi connectivity index (χ2v) is 5.93. The molecule has 4 N–H and O–H groups in total. The Morgan fingerprint density at radius 2 is 2.10 bits per heavy atom. The number of aromatic nitrogens is 1. The first-order valence-electron chi connectivity index (χ1n) is 6.31. The monoisotopic (exact) mass is 318 g/mol. The summed E-state index contributed by atoms with van der Waals surface area (Å²) in [7, 11) is 0. The van der Waals surface area contributed by atoms with Crippen LogP contribution in [0.3, 0.4) is 0 Å². The molecule has 2 atom stereocenters. The number of hydrogen-bond acceptors (Lipinski definition) is 5. The number of halogens is 1. The largest absolute Gasteiger partial charge is 0.444 e. The van der Waals surface area contributed by atoms with Crippen LogP contribution in [-0.4, -0.2) is 39.5 Å². The van der Waals surface area contributed by atoms with Gasteiger partial charge in [-0.3, -0.25) is 4.79 Å². The lowest BCUT2D eigenvalue weighted by Crippen LogP contribution is -2.39. The van der Waals surface area contributed by atoms with Gasteiger partial charge in [0.2, 0.25) is 0 Å². The zero-order valence-electron chi connectivity index (χ0n) is 12.0. The number of pyridine rings is 1. The number of carbonyl (C=O) groups is 1. The SMILES string of the molecule is CC(C)(C)OC(=O)NCC(O)C(O)c1cc(Cl)c[nH]c1=O. The molecular weight excluding hydrogens is 300 g/mol. The zero-order valence-corrected chi connectivity index (χ0v) is 12.8. The first kappa shape index (κ1) is 17.5. The summed E-state index contributed by atoms with van der Waals surface area (Å²) in [5.41, 5.74) is -1.32. The third-order valence-electron chi connectivity index (χ3n) is 2.43. The molecule has 118 valence electrons. The second kappa shape index (κ2) is 6.93. The Morgan fingerprint density at radius 1 is 1.48 bits per heavy atom. The number of alkyl carbamates (subject to hydrolysis) is 1. The molecule has 7 nitrogen and oxygen atoms in total. The molecule has 1 aromatic heterocycles. The molecule has 1 amide bonds. The van der Waals surface area contributed by atoms with Crippen molar-refractivity contribution < 1.29 is 19.7 Å². The van der Waals surface area contributed by atoms with Crippen LogP contribution in [0.1, 0.15) is 32.4 Å². The molecule has 0 radical (unpaired) electrons. The molecule has 0 bridgehead atoms. The minimum absolute atomic E-state index is 0.0824. The predicted octanol–water partition coefficient (Wildman–Crippen LogP) is 0.947. The van der Waals surface area contributed by atoms with Crippen LogP contribution in [0.4, 0.5) is 4.79 Å². The van der Waals surface area contributed by atoms with Crippen LogP contribution in [0.5, 0.6) is 0 Å². The lowest BCUT2D eigenvalue weighted by molar-refractivity contribution is 0.0123. The van der Waals surface area contributed by atoms with E-state index in [2.05, 4.69) is 10.3 Å². The van der Waals surface area contributed by atoms with E-state index >= 15 is 0 Å². The van der Waals surface area contributed by atoms with Crippen molar-refractivity contribution in [3.05, 3.63) is 33.2 Å². The molecule has 0 aliphatic carbocycles. The van der Waals surface area contributed by atoms with E-state index in [9.17, 15) is 19.8 Å². The molecule has 0 spiro atoms. The van der Waals surface area contributed by atoms with E-state index < -0.39 is 29.5 Å². The summed E-state index contributed by atoms with van der Waals surface area (Å²) in [6.07, 6.45) is -2.32. The summed E-state index contributed by atoms with van der Waals surface area (Å²) in [5, 5.41) is 22.3. The average Bonchev–Trinajstić information content (AvgIpc) is 2.36. The number of ether oxygens (including phenoxy) is 1. The molecule has 0 saturated heterocycles. The number of rotatable bonds is 4. The molecule has 8 heteroatoms. The van der Waals surface area contributed by atoms with Gasteiger partial charge in [0.1, 0.15) is 17.8 Å². The van der Waals surface area contributed by atoms with Crippen LogP contribution in [0.25, 0.3) is 0 Å². The Morgan fingerprint density at radius 3 is 2.67 bits per heavy atom. The smallest absolute Gasteiger partial charge is 0.407 e. The van der Waals surface area contributed by atoms with Gasteiger partial charge in [-0.15, -0.1) is 0 Å². The van der Waals surface area contributed by atoms with E-state index in [1.54, 1.807) is 20.8 Å². The maximum Gasteiger partial charge on any atom is 0.407 e. The summed E-state index contributed by atoms with van der Waals surface area (Å²) in [6, 6.07) is 1.25. The first-order chi connectivity index (χ1) is 9.60. The summed E-state index contributed by atoms with van der Waals surface area (Å²) in [5.74, 6) is 0. The van der Waals surface area contributed by atoms with Crippen molar-refractivity contribution in [3.8, 4) is 0 Å². The molecule has 1 aromatic rings. The van der Waals surface area contributed by atoms with E-state index in [4.69, 9.17) is 16.3 Å². The van der Waals surface area contributed by atoms with Gasteiger partial charge in [-0.1, -0.05) is 11.6 Å². The van der Waals surface area contributed by atoms with E-state index in [0.717, 1.165) is 0 Å². The maximum atomic E-state index is 11.5. The van der Waals surface area contributed by atoms with Gasteiger partial charge in [0, 0.05) is 18.3 Å². The highest BCUT2D eigenvalue weighted by atomic mass is 35.5. The number of hydrogen-bond donors (Lipinski definition) is 4. The minimum Gasteiger partial charge on any atom is -0.444 e. The summed E-state index contributed by atoms with van der Waals surface area (Å²) in [6.45, 7) is 4.82. The molecule has 1 rings (SSSR count). The summed E-state index contributed by atoms with van der Waals surface area (Å²) >= 11 is 5.71. The third-order valence-corrected chi connectivity index (χ3v) is 2.65.